The highest BCUT2D eigenvalue weighted by Crippen LogP contribution is 2.35. The molecule has 6 heteroatoms. The van der Waals surface area contributed by atoms with E-state index >= 15 is 0 Å². The molecule has 2 aliphatic rings. The Morgan fingerprint density at radius 2 is 2.00 bits per heavy atom. The van der Waals surface area contributed by atoms with Crippen molar-refractivity contribution in [1.29, 1.82) is 0 Å². The lowest BCUT2D eigenvalue weighted by molar-refractivity contribution is -0.110. The number of aromatic amines is 1. The largest absolute Gasteiger partial charge is 0.382 e. The lowest BCUT2D eigenvalue weighted by Gasteiger charge is -2.26. The molecule has 28 heavy (non-hydrogen) atoms. The molecule has 0 saturated carbocycles. The highest BCUT2D eigenvalue weighted by Gasteiger charge is 2.25. The minimum absolute atomic E-state index is 0.202. The van der Waals surface area contributed by atoms with E-state index in [2.05, 4.69) is 20.5 Å². The summed E-state index contributed by atoms with van der Waals surface area (Å²) >= 11 is 0. The van der Waals surface area contributed by atoms with Crippen molar-refractivity contribution in [2.75, 3.05) is 36.8 Å². The predicted octanol–water partition coefficient (Wildman–Crippen LogP) is 4.16. The molecule has 2 aliphatic heterocycles. The molecule has 0 atom stereocenters. The number of H-pyrrole nitrogens is 1. The van der Waals surface area contributed by atoms with Gasteiger partial charge in [-0.3, -0.25) is 4.79 Å². The maximum atomic E-state index is 13.7. The summed E-state index contributed by atoms with van der Waals surface area (Å²) in [5.41, 5.74) is 5.82. The second kappa shape index (κ2) is 7.80. The zero-order valence-electron chi connectivity index (χ0n) is 16.5. The normalized spacial score (nSPS) is 18.4. The number of rotatable bonds is 5. The molecule has 0 spiro atoms. The molecule has 0 bridgehead atoms. The summed E-state index contributed by atoms with van der Waals surface area (Å²) in [6, 6.07) is 4.36. The van der Waals surface area contributed by atoms with Crippen LogP contribution in [0.1, 0.15) is 41.8 Å². The maximum absolute atomic E-state index is 13.7. The van der Waals surface area contributed by atoms with Crippen LogP contribution in [0.2, 0.25) is 0 Å². The minimum atomic E-state index is -0.347. The van der Waals surface area contributed by atoms with E-state index in [0.29, 0.717) is 16.8 Å². The molecule has 0 aliphatic carbocycles. The quantitative estimate of drug-likeness (QED) is 0.681. The Morgan fingerprint density at radius 1 is 1.21 bits per heavy atom. The van der Waals surface area contributed by atoms with Crippen molar-refractivity contribution >= 4 is 28.9 Å². The number of anilines is 2. The number of fused-ring (bicyclic) bond motifs is 1. The van der Waals surface area contributed by atoms with Gasteiger partial charge in [0.2, 0.25) is 0 Å². The molecule has 148 valence electrons. The average molecular weight is 382 g/mol. The maximum Gasteiger partial charge on any atom is 0.256 e. The zero-order chi connectivity index (χ0) is 19.7. The van der Waals surface area contributed by atoms with Crippen LogP contribution in [0.3, 0.4) is 0 Å². The first-order chi connectivity index (χ1) is 13.5. The molecule has 1 aromatic carbocycles. The Bertz CT molecular complexity index is 925. The van der Waals surface area contributed by atoms with Crippen molar-refractivity contribution in [3.05, 3.63) is 46.5 Å². The lowest BCUT2D eigenvalue weighted by Crippen LogP contribution is -2.33. The van der Waals surface area contributed by atoms with Gasteiger partial charge in [-0.25, -0.2) is 4.39 Å². The van der Waals surface area contributed by atoms with Gasteiger partial charge in [-0.05, 0) is 69.6 Å². The first-order valence-corrected chi connectivity index (χ1v) is 10.0. The molecular formula is C22H27FN4O. The van der Waals surface area contributed by atoms with E-state index in [1.807, 2.05) is 19.9 Å². The number of nitrogens with one attached hydrogen (secondary N) is 3. The summed E-state index contributed by atoms with van der Waals surface area (Å²) in [6.07, 6.45) is 5.76. The third kappa shape index (κ3) is 3.69. The van der Waals surface area contributed by atoms with Crippen molar-refractivity contribution in [2.45, 2.75) is 33.1 Å². The number of piperidine rings is 1. The van der Waals surface area contributed by atoms with E-state index in [1.165, 1.54) is 44.5 Å². The number of benzene rings is 1. The zero-order valence-corrected chi connectivity index (χ0v) is 16.5. The number of hydrogen-bond donors (Lipinski definition) is 3. The van der Waals surface area contributed by atoms with Crippen molar-refractivity contribution in [3.8, 4) is 0 Å². The first kappa shape index (κ1) is 18.7. The Hall–Kier alpha value is -2.60. The van der Waals surface area contributed by atoms with E-state index < -0.39 is 0 Å². The van der Waals surface area contributed by atoms with Gasteiger partial charge in [0.15, 0.2) is 0 Å². The van der Waals surface area contributed by atoms with Crippen molar-refractivity contribution in [3.63, 3.8) is 0 Å². The lowest BCUT2D eigenvalue weighted by atomic mass is 10.0. The summed E-state index contributed by atoms with van der Waals surface area (Å²) in [7, 11) is 0. The van der Waals surface area contributed by atoms with Crippen LogP contribution >= 0.6 is 0 Å². The van der Waals surface area contributed by atoms with Crippen LogP contribution in [0.4, 0.5) is 15.8 Å². The number of carbonyl (C=O) groups excluding carboxylic acids is 1. The number of aryl methyl sites for hydroxylation is 1. The van der Waals surface area contributed by atoms with Gasteiger partial charge in [0.1, 0.15) is 5.82 Å². The topological polar surface area (TPSA) is 60.2 Å². The standard InChI is InChI=1S/C22H27FN4O/c1-14-20(13-18-17-12-16(23)6-7-19(17)26-22(18)28)25-15(2)21(14)24-8-11-27-9-4-3-5-10-27/h6-7,12-13,24-25H,3-5,8-11H2,1-2H3,(H,26,28)/b18-13-. The number of nitrogens with zero attached hydrogens (tertiary/aromatic N) is 1. The molecule has 1 saturated heterocycles. The summed E-state index contributed by atoms with van der Waals surface area (Å²) in [5.74, 6) is -0.549. The second-order valence-corrected chi connectivity index (χ2v) is 7.69. The van der Waals surface area contributed by atoms with E-state index in [0.717, 1.165) is 35.7 Å². The Morgan fingerprint density at radius 3 is 2.79 bits per heavy atom. The molecule has 1 fully saturated rings. The number of carbonyl (C=O) groups is 1. The van der Waals surface area contributed by atoms with Gasteiger partial charge in [0, 0.05) is 35.7 Å². The fourth-order valence-electron chi connectivity index (χ4n) is 4.15. The van der Waals surface area contributed by atoms with Gasteiger partial charge >= 0.3 is 0 Å². The number of likely N-dealkylation sites (tertiary alicyclic amines) is 1. The van der Waals surface area contributed by atoms with Gasteiger partial charge in [0.05, 0.1) is 11.3 Å². The van der Waals surface area contributed by atoms with Gasteiger partial charge in [-0.2, -0.15) is 0 Å². The third-order valence-electron chi connectivity index (χ3n) is 5.71. The molecule has 1 aromatic heterocycles. The van der Waals surface area contributed by atoms with Crippen molar-refractivity contribution in [2.24, 2.45) is 0 Å². The second-order valence-electron chi connectivity index (χ2n) is 7.69. The fraction of sp³-hybridized carbons (Fsp3) is 0.409. The fourth-order valence-corrected chi connectivity index (χ4v) is 4.15. The smallest absolute Gasteiger partial charge is 0.256 e. The summed E-state index contributed by atoms with van der Waals surface area (Å²) in [5, 5.41) is 6.35. The average Bonchev–Trinajstić information content (AvgIpc) is 3.13. The molecule has 3 N–H and O–H groups in total. The molecule has 0 unspecified atom stereocenters. The highest BCUT2D eigenvalue weighted by atomic mass is 19.1. The van der Waals surface area contributed by atoms with Crippen molar-refractivity contribution in [1.82, 2.24) is 9.88 Å². The van der Waals surface area contributed by atoms with E-state index in [1.54, 1.807) is 6.07 Å². The Kier molecular flexibility index (Phi) is 5.22. The molecule has 0 radical (unpaired) electrons. The first-order valence-electron chi connectivity index (χ1n) is 10.0. The molecule has 1 amide bonds. The van der Waals surface area contributed by atoms with Crippen LogP contribution in [0.15, 0.2) is 18.2 Å². The van der Waals surface area contributed by atoms with Crippen LogP contribution in [0.25, 0.3) is 11.6 Å². The molecule has 3 heterocycles. The number of halogens is 1. The van der Waals surface area contributed by atoms with Gasteiger partial charge in [0.25, 0.3) is 5.91 Å². The van der Waals surface area contributed by atoms with Gasteiger partial charge in [-0.15, -0.1) is 0 Å². The van der Waals surface area contributed by atoms with Crippen LogP contribution < -0.4 is 10.6 Å². The van der Waals surface area contributed by atoms with Crippen molar-refractivity contribution < 1.29 is 9.18 Å². The molecule has 2 aromatic rings. The van der Waals surface area contributed by atoms with E-state index in [4.69, 9.17) is 0 Å². The number of amides is 1. The van der Waals surface area contributed by atoms with Gasteiger partial charge in [-0.1, -0.05) is 6.42 Å². The van der Waals surface area contributed by atoms with Crippen LogP contribution in [-0.4, -0.2) is 42.0 Å². The summed E-state index contributed by atoms with van der Waals surface area (Å²) < 4.78 is 13.7. The predicted molar refractivity (Wildman–Crippen MR) is 112 cm³/mol. The SMILES string of the molecule is Cc1[nH]c(/C=C2\C(=O)Nc3ccc(F)cc32)c(C)c1NCCN1CCCCC1. The van der Waals surface area contributed by atoms with Gasteiger partial charge < -0.3 is 20.5 Å². The summed E-state index contributed by atoms with van der Waals surface area (Å²) in [4.78, 5) is 18.2. The number of aromatic nitrogens is 1. The number of hydrogen-bond acceptors (Lipinski definition) is 3. The molecule has 5 nitrogen and oxygen atoms in total. The van der Waals surface area contributed by atoms with E-state index in [9.17, 15) is 9.18 Å². The van der Waals surface area contributed by atoms with Crippen LogP contribution in [-0.2, 0) is 4.79 Å². The van der Waals surface area contributed by atoms with Crippen LogP contribution in [0, 0.1) is 19.7 Å². The third-order valence-corrected chi connectivity index (χ3v) is 5.71. The summed E-state index contributed by atoms with van der Waals surface area (Å²) in [6.45, 7) is 8.38. The monoisotopic (exact) mass is 382 g/mol. The minimum Gasteiger partial charge on any atom is -0.382 e. The van der Waals surface area contributed by atoms with Crippen LogP contribution in [0.5, 0.6) is 0 Å². The highest BCUT2D eigenvalue weighted by molar-refractivity contribution is 6.34. The molecule has 4 rings (SSSR count). The van der Waals surface area contributed by atoms with E-state index in [-0.39, 0.29) is 11.7 Å². The molecular weight excluding hydrogens is 355 g/mol. The Labute approximate surface area is 165 Å². The Balaban J connectivity index is 1.52.